The quantitative estimate of drug-likeness (QED) is 0.357. The molecular weight excluding hydrogens is 296 g/mol. The van der Waals surface area contributed by atoms with Crippen molar-refractivity contribution in [3.05, 3.63) is 12.7 Å². The Hall–Kier alpha value is -1.85. The average molecular weight is 326 g/mol. The van der Waals surface area contributed by atoms with Crippen molar-refractivity contribution in [3.8, 4) is 0 Å². The van der Waals surface area contributed by atoms with Crippen LogP contribution in [0.4, 0.5) is 0 Å². The zero-order valence-electron chi connectivity index (χ0n) is 14.9. The van der Waals surface area contributed by atoms with Crippen molar-refractivity contribution in [1.29, 1.82) is 0 Å². The van der Waals surface area contributed by atoms with Gasteiger partial charge in [-0.1, -0.05) is 26.3 Å². The molecule has 0 aliphatic carbocycles. The second-order valence-corrected chi connectivity index (χ2v) is 6.06. The van der Waals surface area contributed by atoms with Crippen molar-refractivity contribution in [3.63, 3.8) is 0 Å². The van der Waals surface area contributed by atoms with E-state index in [9.17, 15) is 14.4 Å². The van der Waals surface area contributed by atoms with Crippen LogP contribution in [0.15, 0.2) is 12.7 Å². The molecule has 0 saturated carbocycles. The lowest BCUT2D eigenvalue weighted by Crippen LogP contribution is -2.52. The van der Waals surface area contributed by atoms with Crippen LogP contribution >= 0.6 is 0 Å². The molecule has 0 heterocycles. The minimum Gasteiger partial charge on any atom is -0.467 e. The highest BCUT2D eigenvalue weighted by molar-refractivity contribution is 5.78. The Morgan fingerprint density at radius 3 is 2.43 bits per heavy atom. The Labute approximate surface area is 139 Å². The molecule has 0 aromatic rings. The number of esters is 1. The number of hydrogen-bond donors (Lipinski definition) is 1. The normalized spacial score (nSPS) is 15.7. The van der Waals surface area contributed by atoms with Crippen molar-refractivity contribution >= 4 is 18.3 Å². The van der Waals surface area contributed by atoms with Gasteiger partial charge in [-0.3, -0.25) is 9.59 Å². The Balaban J connectivity index is 5.14. The number of hydrogen-bond acceptors (Lipinski definition) is 4. The Bertz CT molecular complexity index is 425. The SMILES string of the molecule is C=CC[C@@H](C(=O)OC)N(C=O)CC[C@](C)(NC(C)=O)[C@@H](C)CC. The third-order valence-electron chi connectivity index (χ3n) is 4.45. The van der Waals surface area contributed by atoms with Gasteiger partial charge in [0.15, 0.2) is 0 Å². The standard InChI is InChI=1S/C17H30N2O4/c1-7-9-15(16(22)23-6)19(12-20)11-10-17(5,13(3)8-2)18-14(4)21/h7,12-13,15H,1,8-11H2,2-6H3,(H,18,21)/t13-,15-,17-/m0/s1. The molecule has 6 nitrogen and oxygen atoms in total. The van der Waals surface area contributed by atoms with Crippen molar-refractivity contribution in [2.45, 2.75) is 58.5 Å². The van der Waals surface area contributed by atoms with Crippen LogP contribution in [0.2, 0.25) is 0 Å². The molecular formula is C17H30N2O4. The van der Waals surface area contributed by atoms with E-state index in [1.807, 2.05) is 6.92 Å². The summed E-state index contributed by atoms with van der Waals surface area (Å²) in [6, 6.07) is -0.687. The molecule has 0 aliphatic rings. The molecule has 0 saturated heterocycles. The fraction of sp³-hybridized carbons (Fsp3) is 0.706. The van der Waals surface area contributed by atoms with Gasteiger partial charge < -0.3 is 15.0 Å². The van der Waals surface area contributed by atoms with E-state index in [1.54, 1.807) is 6.08 Å². The lowest BCUT2D eigenvalue weighted by molar-refractivity contribution is -0.149. The number of rotatable bonds is 11. The van der Waals surface area contributed by atoms with E-state index in [0.29, 0.717) is 25.8 Å². The van der Waals surface area contributed by atoms with Gasteiger partial charge in [0, 0.05) is 19.0 Å². The Kier molecular flexibility index (Phi) is 9.22. The number of carbonyl (C=O) groups is 3. The fourth-order valence-corrected chi connectivity index (χ4v) is 2.59. The maximum Gasteiger partial charge on any atom is 0.328 e. The summed E-state index contributed by atoms with van der Waals surface area (Å²) in [5, 5.41) is 2.98. The molecule has 23 heavy (non-hydrogen) atoms. The van der Waals surface area contributed by atoms with Crippen molar-refractivity contribution < 1.29 is 19.1 Å². The van der Waals surface area contributed by atoms with Gasteiger partial charge >= 0.3 is 5.97 Å². The largest absolute Gasteiger partial charge is 0.467 e. The molecule has 0 spiro atoms. The van der Waals surface area contributed by atoms with Crippen LogP contribution in [-0.2, 0) is 19.1 Å². The molecule has 0 aliphatic heterocycles. The molecule has 0 aromatic carbocycles. The predicted molar refractivity (Wildman–Crippen MR) is 89.7 cm³/mol. The van der Waals surface area contributed by atoms with Gasteiger partial charge in [-0.2, -0.15) is 0 Å². The summed E-state index contributed by atoms with van der Waals surface area (Å²) >= 11 is 0. The van der Waals surface area contributed by atoms with Crippen LogP contribution in [0, 0.1) is 5.92 Å². The summed E-state index contributed by atoms with van der Waals surface area (Å²) in [5.41, 5.74) is -0.448. The van der Waals surface area contributed by atoms with Gasteiger partial charge in [0.1, 0.15) is 6.04 Å². The second kappa shape index (κ2) is 10.0. The first-order valence-corrected chi connectivity index (χ1v) is 7.94. The van der Waals surface area contributed by atoms with Crippen LogP contribution in [-0.4, -0.2) is 48.4 Å². The van der Waals surface area contributed by atoms with E-state index in [2.05, 4.69) is 25.7 Å². The van der Waals surface area contributed by atoms with E-state index in [4.69, 9.17) is 4.74 Å². The smallest absolute Gasteiger partial charge is 0.328 e. The van der Waals surface area contributed by atoms with Crippen LogP contribution < -0.4 is 5.32 Å². The van der Waals surface area contributed by atoms with Gasteiger partial charge in [0.2, 0.25) is 12.3 Å². The molecule has 132 valence electrons. The van der Waals surface area contributed by atoms with E-state index in [1.165, 1.54) is 18.9 Å². The molecule has 0 aromatic heterocycles. The van der Waals surface area contributed by atoms with Crippen LogP contribution in [0.5, 0.6) is 0 Å². The number of carbonyl (C=O) groups excluding carboxylic acids is 3. The zero-order chi connectivity index (χ0) is 18.0. The highest BCUT2D eigenvalue weighted by atomic mass is 16.5. The fourth-order valence-electron chi connectivity index (χ4n) is 2.59. The predicted octanol–water partition coefficient (Wildman–Crippen LogP) is 1.89. The van der Waals surface area contributed by atoms with Gasteiger partial charge in [0.05, 0.1) is 7.11 Å². The molecule has 0 unspecified atom stereocenters. The number of amides is 2. The number of methoxy groups -OCH3 is 1. The van der Waals surface area contributed by atoms with Gasteiger partial charge in [0.25, 0.3) is 0 Å². The van der Waals surface area contributed by atoms with Gasteiger partial charge in [-0.25, -0.2) is 4.79 Å². The van der Waals surface area contributed by atoms with Crippen LogP contribution in [0.3, 0.4) is 0 Å². The Morgan fingerprint density at radius 2 is 2.04 bits per heavy atom. The third-order valence-corrected chi connectivity index (χ3v) is 4.45. The average Bonchev–Trinajstić information content (AvgIpc) is 2.51. The number of nitrogens with one attached hydrogen (secondary N) is 1. The highest BCUT2D eigenvalue weighted by Crippen LogP contribution is 2.25. The van der Waals surface area contributed by atoms with Crippen LogP contribution in [0.25, 0.3) is 0 Å². The monoisotopic (exact) mass is 326 g/mol. The molecule has 3 atom stereocenters. The van der Waals surface area contributed by atoms with E-state index in [0.717, 1.165) is 6.42 Å². The molecule has 0 radical (unpaired) electrons. The van der Waals surface area contributed by atoms with E-state index < -0.39 is 17.6 Å². The lowest BCUT2D eigenvalue weighted by atomic mass is 9.82. The lowest BCUT2D eigenvalue weighted by Gasteiger charge is -2.38. The zero-order valence-corrected chi connectivity index (χ0v) is 14.9. The minimum absolute atomic E-state index is 0.110. The van der Waals surface area contributed by atoms with E-state index in [-0.39, 0.29) is 11.8 Å². The summed E-state index contributed by atoms with van der Waals surface area (Å²) in [4.78, 5) is 36.2. The van der Waals surface area contributed by atoms with Crippen molar-refractivity contribution in [1.82, 2.24) is 10.2 Å². The molecule has 0 rings (SSSR count). The van der Waals surface area contributed by atoms with Crippen molar-refractivity contribution in [2.75, 3.05) is 13.7 Å². The molecule has 0 bridgehead atoms. The first kappa shape index (κ1) is 21.1. The second-order valence-electron chi connectivity index (χ2n) is 6.06. The molecule has 1 N–H and O–H groups in total. The number of nitrogens with zero attached hydrogens (tertiary/aromatic N) is 1. The first-order valence-electron chi connectivity index (χ1n) is 7.94. The molecule has 2 amide bonds. The maximum atomic E-state index is 11.9. The molecule has 6 heteroatoms. The topological polar surface area (TPSA) is 75.7 Å². The van der Waals surface area contributed by atoms with Gasteiger partial charge in [-0.15, -0.1) is 6.58 Å². The summed E-state index contributed by atoms with van der Waals surface area (Å²) in [6.07, 6.45) is 4.00. The third kappa shape index (κ3) is 6.42. The number of ether oxygens (including phenoxy) is 1. The minimum atomic E-state index is -0.687. The molecule has 0 fully saturated rings. The summed E-state index contributed by atoms with van der Waals surface area (Å²) in [5.74, 6) is -0.348. The first-order chi connectivity index (χ1) is 10.7. The highest BCUT2D eigenvalue weighted by Gasteiger charge is 2.33. The maximum absolute atomic E-state index is 11.9. The van der Waals surface area contributed by atoms with Gasteiger partial charge in [-0.05, 0) is 25.7 Å². The summed E-state index contributed by atoms with van der Waals surface area (Å²) < 4.78 is 4.76. The summed E-state index contributed by atoms with van der Waals surface area (Å²) in [6.45, 7) is 11.5. The van der Waals surface area contributed by atoms with Crippen molar-refractivity contribution in [2.24, 2.45) is 5.92 Å². The summed E-state index contributed by atoms with van der Waals surface area (Å²) in [7, 11) is 1.29. The van der Waals surface area contributed by atoms with Crippen LogP contribution in [0.1, 0.15) is 47.0 Å². The Morgan fingerprint density at radius 1 is 1.43 bits per heavy atom. The van der Waals surface area contributed by atoms with E-state index >= 15 is 0 Å².